The Morgan fingerprint density at radius 1 is 0.923 bits per heavy atom. The summed E-state index contributed by atoms with van der Waals surface area (Å²) in [4.78, 5) is 39.7. The third-order valence-corrected chi connectivity index (χ3v) is 6.85. The van der Waals surface area contributed by atoms with Gasteiger partial charge in [-0.2, -0.15) is 0 Å². The normalized spacial score (nSPS) is 14.2. The van der Waals surface area contributed by atoms with Gasteiger partial charge in [0.15, 0.2) is 17.3 Å². The molecule has 0 unspecified atom stereocenters. The van der Waals surface area contributed by atoms with E-state index in [0.29, 0.717) is 27.7 Å². The zero-order valence-electron chi connectivity index (χ0n) is 20.7. The Bertz CT molecular complexity index is 1680. The van der Waals surface area contributed by atoms with Crippen LogP contribution in [0, 0.1) is 18.6 Å². The van der Waals surface area contributed by atoms with E-state index in [2.05, 4.69) is 10.3 Å². The SMILES string of the molecule is Cc1ccc2c(=O)c(OCCOc3ccc(CC=C4SC(=O)NC4=O)cc3F)c(-c3ccc(F)cc3)[nH]c2c1. The summed E-state index contributed by atoms with van der Waals surface area (Å²) < 4.78 is 39.5. The number of imide groups is 1. The number of hydrogen-bond acceptors (Lipinski definition) is 6. The predicted octanol–water partition coefficient (Wildman–Crippen LogP) is 5.65. The number of ether oxygens (including phenoxy) is 2. The summed E-state index contributed by atoms with van der Waals surface area (Å²) in [5, 5.41) is 2.17. The average Bonchev–Trinajstić information content (AvgIpc) is 3.24. The summed E-state index contributed by atoms with van der Waals surface area (Å²) >= 11 is 0.802. The van der Waals surface area contributed by atoms with E-state index in [1.807, 2.05) is 19.1 Å². The molecule has 0 bridgehead atoms. The molecule has 1 aromatic heterocycles. The number of hydrogen-bond donors (Lipinski definition) is 2. The number of allylic oxidation sites excluding steroid dienone is 1. The van der Waals surface area contributed by atoms with Gasteiger partial charge in [-0.05, 0) is 84.8 Å². The van der Waals surface area contributed by atoms with Gasteiger partial charge in [0.1, 0.15) is 19.0 Å². The Hall–Kier alpha value is -4.44. The fraction of sp³-hybridized carbons (Fsp3) is 0.138. The minimum atomic E-state index is -0.601. The molecule has 0 aliphatic carbocycles. The lowest BCUT2D eigenvalue weighted by Crippen LogP contribution is -2.17. The standard InChI is InChI=1S/C29H22F2N2O5S/c1-16-2-9-20-22(14-16)32-25(18-5-7-19(30)8-6-18)27(26(20)34)38-13-12-37-23-10-3-17(15-21(23)31)4-11-24-28(35)33-29(36)39-24/h2-3,5-11,14-15H,4,12-13H2,1H3,(H,32,34)(H,33,35,36). The summed E-state index contributed by atoms with van der Waals surface area (Å²) in [6, 6.07) is 15.5. The second-order valence-corrected chi connectivity index (χ2v) is 9.81. The monoisotopic (exact) mass is 548 g/mol. The highest BCUT2D eigenvalue weighted by Gasteiger charge is 2.24. The van der Waals surface area contributed by atoms with E-state index >= 15 is 0 Å². The van der Waals surface area contributed by atoms with E-state index in [-0.39, 0.29) is 41.5 Å². The first-order chi connectivity index (χ1) is 18.8. The molecule has 2 N–H and O–H groups in total. The van der Waals surface area contributed by atoms with Crippen LogP contribution in [0.3, 0.4) is 0 Å². The molecular weight excluding hydrogens is 526 g/mol. The number of aryl methyl sites for hydroxylation is 1. The molecule has 1 aliphatic heterocycles. The molecule has 10 heteroatoms. The molecule has 1 saturated heterocycles. The molecule has 1 aliphatic rings. The van der Waals surface area contributed by atoms with E-state index in [1.54, 1.807) is 30.3 Å². The number of rotatable bonds is 8. The number of halogens is 2. The molecule has 4 aromatic rings. The maximum Gasteiger partial charge on any atom is 0.290 e. The van der Waals surface area contributed by atoms with E-state index in [9.17, 15) is 23.2 Å². The van der Waals surface area contributed by atoms with Gasteiger partial charge in [0.25, 0.3) is 11.1 Å². The van der Waals surface area contributed by atoms with Crippen LogP contribution < -0.4 is 20.2 Å². The molecule has 0 spiro atoms. The topological polar surface area (TPSA) is 97.5 Å². The first kappa shape index (κ1) is 26.2. The molecular formula is C29H22F2N2O5S. The Morgan fingerprint density at radius 3 is 2.41 bits per heavy atom. The van der Waals surface area contributed by atoms with Crippen molar-refractivity contribution in [2.45, 2.75) is 13.3 Å². The van der Waals surface area contributed by atoms with Crippen molar-refractivity contribution in [2.24, 2.45) is 0 Å². The van der Waals surface area contributed by atoms with Gasteiger partial charge in [0, 0.05) is 10.9 Å². The minimum Gasteiger partial charge on any atom is -0.487 e. The van der Waals surface area contributed by atoms with Gasteiger partial charge in [-0.15, -0.1) is 0 Å². The largest absolute Gasteiger partial charge is 0.487 e. The molecule has 0 radical (unpaired) electrons. The van der Waals surface area contributed by atoms with Crippen molar-refractivity contribution >= 4 is 33.8 Å². The van der Waals surface area contributed by atoms with Crippen LogP contribution >= 0.6 is 11.8 Å². The molecule has 1 fully saturated rings. The lowest BCUT2D eigenvalue weighted by Gasteiger charge is -2.14. The highest BCUT2D eigenvalue weighted by molar-refractivity contribution is 8.18. The fourth-order valence-electron chi connectivity index (χ4n) is 4.10. The Balaban J connectivity index is 1.29. The van der Waals surface area contributed by atoms with Gasteiger partial charge < -0.3 is 14.5 Å². The number of nitrogens with one attached hydrogen (secondary N) is 2. The Morgan fingerprint density at radius 2 is 1.69 bits per heavy atom. The number of pyridine rings is 1. The quantitative estimate of drug-likeness (QED) is 0.218. The van der Waals surface area contributed by atoms with E-state index in [1.165, 1.54) is 24.3 Å². The second-order valence-electron chi connectivity index (χ2n) is 8.79. The van der Waals surface area contributed by atoms with Gasteiger partial charge in [-0.25, -0.2) is 8.78 Å². The number of H-pyrrole nitrogens is 1. The minimum absolute atomic E-state index is 0.000167. The van der Waals surface area contributed by atoms with Crippen LogP contribution in [0.25, 0.3) is 22.2 Å². The highest BCUT2D eigenvalue weighted by Crippen LogP contribution is 2.29. The Labute approximate surface area is 225 Å². The van der Waals surface area contributed by atoms with E-state index in [4.69, 9.17) is 9.47 Å². The fourth-order valence-corrected chi connectivity index (χ4v) is 4.75. The van der Waals surface area contributed by atoms with Crippen molar-refractivity contribution in [3.05, 3.63) is 105 Å². The molecule has 39 heavy (non-hydrogen) atoms. The lowest BCUT2D eigenvalue weighted by atomic mass is 10.1. The maximum absolute atomic E-state index is 14.6. The van der Waals surface area contributed by atoms with Crippen LogP contribution in [0.5, 0.6) is 11.5 Å². The summed E-state index contributed by atoms with van der Waals surface area (Å²) in [7, 11) is 0. The third-order valence-electron chi connectivity index (χ3n) is 5.99. The summed E-state index contributed by atoms with van der Waals surface area (Å²) in [6.07, 6.45) is 1.83. The van der Waals surface area contributed by atoms with Gasteiger partial charge in [0.05, 0.1) is 16.1 Å². The summed E-state index contributed by atoms with van der Waals surface area (Å²) in [5.74, 6) is -1.42. The number of amides is 2. The number of benzene rings is 3. The molecule has 198 valence electrons. The van der Waals surface area contributed by atoms with Gasteiger partial charge in [0.2, 0.25) is 5.43 Å². The Kier molecular flexibility index (Phi) is 7.47. The number of carbonyl (C=O) groups excluding carboxylic acids is 2. The first-order valence-corrected chi connectivity index (χ1v) is 12.8. The first-order valence-electron chi connectivity index (χ1n) is 12.0. The number of thioether (sulfide) groups is 1. The summed E-state index contributed by atoms with van der Waals surface area (Å²) in [6.45, 7) is 1.81. The molecule has 3 aromatic carbocycles. The number of fused-ring (bicyclic) bond motifs is 1. The van der Waals surface area contributed by atoms with Crippen molar-refractivity contribution < 1.29 is 27.8 Å². The third kappa shape index (κ3) is 5.85. The number of aromatic nitrogens is 1. The van der Waals surface area contributed by atoms with Crippen molar-refractivity contribution in [2.75, 3.05) is 13.2 Å². The highest BCUT2D eigenvalue weighted by atomic mass is 32.2. The van der Waals surface area contributed by atoms with Gasteiger partial charge in [-0.1, -0.05) is 18.2 Å². The van der Waals surface area contributed by atoms with E-state index < -0.39 is 22.8 Å². The van der Waals surface area contributed by atoms with Gasteiger partial charge in [-0.3, -0.25) is 19.7 Å². The summed E-state index contributed by atoms with van der Waals surface area (Å²) in [5.41, 5.74) is 2.83. The molecule has 0 atom stereocenters. The number of carbonyl (C=O) groups is 2. The van der Waals surface area contributed by atoms with Crippen molar-refractivity contribution in [1.29, 1.82) is 0 Å². The predicted molar refractivity (Wildman–Crippen MR) is 145 cm³/mol. The second kappa shape index (κ2) is 11.1. The number of aromatic amines is 1. The lowest BCUT2D eigenvalue weighted by molar-refractivity contribution is -0.115. The molecule has 0 saturated carbocycles. The zero-order chi connectivity index (χ0) is 27.5. The van der Waals surface area contributed by atoms with Crippen LogP contribution in [0.1, 0.15) is 11.1 Å². The maximum atomic E-state index is 14.6. The molecule has 2 amide bonds. The van der Waals surface area contributed by atoms with Crippen molar-refractivity contribution in [3.63, 3.8) is 0 Å². The zero-order valence-corrected chi connectivity index (χ0v) is 21.5. The molecule has 5 rings (SSSR count). The van der Waals surface area contributed by atoms with Crippen LogP contribution in [0.4, 0.5) is 13.6 Å². The van der Waals surface area contributed by atoms with Crippen LogP contribution in [0.2, 0.25) is 0 Å². The smallest absolute Gasteiger partial charge is 0.290 e. The molecule has 2 heterocycles. The van der Waals surface area contributed by atoms with E-state index in [0.717, 1.165) is 17.3 Å². The average molecular weight is 549 g/mol. The van der Waals surface area contributed by atoms with Crippen LogP contribution in [0.15, 0.2) is 76.4 Å². The van der Waals surface area contributed by atoms with Crippen LogP contribution in [-0.4, -0.2) is 29.3 Å². The van der Waals surface area contributed by atoms with Gasteiger partial charge >= 0.3 is 0 Å². The van der Waals surface area contributed by atoms with Crippen molar-refractivity contribution in [1.82, 2.24) is 10.3 Å². The molecule has 7 nitrogen and oxygen atoms in total. The van der Waals surface area contributed by atoms with Crippen LogP contribution in [-0.2, 0) is 11.2 Å². The van der Waals surface area contributed by atoms with Crippen molar-refractivity contribution in [3.8, 4) is 22.8 Å².